The zero-order chi connectivity index (χ0) is 20.5. The Labute approximate surface area is 172 Å². The molecular weight excluding hydrogens is 366 g/mol. The molecule has 1 heterocycles. The van der Waals surface area contributed by atoms with Crippen molar-refractivity contribution in [1.82, 2.24) is 14.9 Å². The second-order valence-electron chi connectivity index (χ2n) is 6.68. The second kappa shape index (κ2) is 10.8. The van der Waals surface area contributed by atoms with Crippen molar-refractivity contribution >= 4 is 36.2 Å². The quantitative estimate of drug-likeness (QED) is 0.341. The molecule has 28 heavy (non-hydrogen) atoms. The van der Waals surface area contributed by atoms with Crippen LogP contribution >= 0.6 is 11.8 Å². The van der Waals surface area contributed by atoms with E-state index < -0.39 is 0 Å². The van der Waals surface area contributed by atoms with Crippen molar-refractivity contribution in [3.05, 3.63) is 58.0 Å². The Hall–Kier alpha value is -2.47. The van der Waals surface area contributed by atoms with Gasteiger partial charge in [0.25, 0.3) is 0 Å². The van der Waals surface area contributed by atoms with Gasteiger partial charge in [0, 0.05) is 37.3 Å². The van der Waals surface area contributed by atoms with Crippen molar-refractivity contribution in [3.8, 4) is 0 Å². The summed E-state index contributed by atoms with van der Waals surface area (Å²) in [7, 11) is 2.03. The van der Waals surface area contributed by atoms with Gasteiger partial charge in [0.15, 0.2) is 0 Å². The van der Waals surface area contributed by atoms with Crippen molar-refractivity contribution < 1.29 is 0 Å². The van der Waals surface area contributed by atoms with Gasteiger partial charge in [-0.2, -0.15) is 0 Å². The van der Waals surface area contributed by atoms with E-state index >= 15 is 0 Å². The van der Waals surface area contributed by atoms with Crippen molar-refractivity contribution in [3.63, 3.8) is 0 Å². The topological polar surface area (TPSA) is 53.7 Å². The molecule has 6 heteroatoms. The molecular formula is C22H29N5S. The Kier molecular flexibility index (Phi) is 8.39. The lowest BCUT2D eigenvalue weighted by Gasteiger charge is -2.11. The van der Waals surface area contributed by atoms with Crippen LogP contribution in [0.25, 0.3) is 5.70 Å². The maximum atomic E-state index is 4.60. The Morgan fingerprint density at radius 2 is 1.89 bits per heavy atom. The minimum absolute atomic E-state index is 0.750. The van der Waals surface area contributed by atoms with Crippen molar-refractivity contribution in [2.45, 2.75) is 34.1 Å². The Balaban J connectivity index is 2.00. The fourth-order valence-electron chi connectivity index (χ4n) is 2.54. The second-order valence-corrected chi connectivity index (χ2v) is 7.66. The number of benzene rings is 1. The van der Waals surface area contributed by atoms with Crippen molar-refractivity contribution in [2.75, 3.05) is 19.3 Å². The van der Waals surface area contributed by atoms with Gasteiger partial charge >= 0.3 is 0 Å². The highest BCUT2D eigenvalue weighted by atomic mass is 32.2. The Morgan fingerprint density at radius 1 is 1.18 bits per heavy atom. The van der Waals surface area contributed by atoms with E-state index in [2.05, 4.69) is 64.5 Å². The predicted molar refractivity (Wildman–Crippen MR) is 123 cm³/mol. The van der Waals surface area contributed by atoms with E-state index in [1.54, 1.807) is 24.2 Å². The van der Waals surface area contributed by atoms with E-state index in [0.717, 1.165) is 41.5 Å². The lowest BCUT2D eigenvalue weighted by atomic mass is 10.0. The van der Waals surface area contributed by atoms with Gasteiger partial charge in [-0.25, -0.2) is 15.0 Å². The first kappa shape index (κ1) is 21.8. The first-order valence-electron chi connectivity index (χ1n) is 9.36. The zero-order valence-electron chi connectivity index (χ0n) is 17.4. The third-order valence-corrected chi connectivity index (χ3v) is 5.31. The largest absolute Gasteiger partial charge is 0.366 e. The number of hydrogen-bond acceptors (Lipinski definition) is 5. The summed E-state index contributed by atoms with van der Waals surface area (Å²) in [5, 5.41) is 2.03. The minimum atomic E-state index is 0.750. The normalized spacial score (nSPS) is 11.8. The summed E-state index contributed by atoms with van der Waals surface area (Å²) in [4.78, 5) is 19.2. The minimum Gasteiger partial charge on any atom is -0.366 e. The van der Waals surface area contributed by atoms with Crippen LogP contribution in [-0.4, -0.2) is 47.3 Å². The molecule has 0 N–H and O–H groups in total. The van der Waals surface area contributed by atoms with Gasteiger partial charge in [-0.3, -0.25) is 4.99 Å². The molecule has 148 valence electrons. The molecule has 0 aliphatic rings. The number of nitrogens with zero attached hydrogens (tertiary/aromatic N) is 5. The highest BCUT2D eigenvalue weighted by Crippen LogP contribution is 2.25. The lowest BCUT2D eigenvalue weighted by molar-refractivity contribution is 0.552. The van der Waals surface area contributed by atoms with Crippen LogP contribution in [0.2, 0.25) is 0 Å². The Morgan fingerprint density at radius 3 is 2.54 bits per heavy atom. The first-order chi connectivity index (χ1) is 13.4. The van der Waals surface area contributed by atoms with E-state index in [-0.39, 0.29) is 0 Å². The van der Waals surface area contributed by atoms with E-state index in [1.165, 1.54) is 16.7 Å². The predicted octanol–water partition coefficient (Wildman–Crippen LogP) is 4.99. The van der Waals surface area contributed by atoms with Crippen LogP contribution < -0.4 is 0 Å². The zero-order valence-corrected chi connectivity index (χ0v) is 18.3. The van der Waals surface area contributed by atoms with E-state index in [9.17, 15) is 0 Å². The Bertz CT molecular complexity index is 856. The highest BCUT2D eigenvalue weighted by molar-refractivity contribution is 8.02. The number of aromatic nitrogens is 2. The van der Waals surface area contributed by atoms with Crippen LogP contribution in [0.5, 0.6) is 0 Å². The van der Waals surface area contributed by atoms with Gasteiger partial charge < -0.3 is 4.90 Å². The van der Waals surface area contributed by atoms with Crippen LogP contribution in [0.4, 0.5) is 5.69 Å². The van der Waals surface area contributed by atoms with Gasteiger partial charge in [-0.1, -0.05) is 6.07 Å². The average molecular weight is 396 g/mol. The summed E-state index contributed by atoms with van der Waals surface area (Å²) in [6.07, 6.45) is 6.44. The number of aliphatic imine (C=N–C) groups is 2. The molecule has 0 bridgehead atoms. The summed E-state index contributed by atoms with van der Waals surface area (Å²) in [6, 6.07) is 4.42. The first-order valence-corrected chi connectivity index (χ1v) is 10.4. The fraction of sp³-hybridized carbons (Fsp3) is 0.364. The molecule has 2 rings (SSSR count). The molecule has 0 aliphatic carbocycles. The maximum Gasteiger partial charge on any atom is 0.125 e. The van der Waals surface area contributed by atoms with Gasteiger partial charge in [0.1, 0.15) is 5.82 Å². The molecule has 0 aliphatic heterocycles. The molecule has 0 amide bonds. The van der Waals surface area contributed by atoms with Gasteiger partial charge in [-0.15, -0.1) is 11.8 Å². The molecule has 0 radical (unpaired) electrons. The number of hydrogen-bond donors (Lipinski definition) is 0. The molecule has 0 atom stereocenters. The monoisotopic (exact) mass is 395 g/mol. The number of thioether (sulfide) groups is 1. The third kappa shape index (κ3) is 6.30. The maximum absolute atomic E-state index is 4.60. The lowest BCUT2D eigenvalue weighted by Crippen LogP contribution is -2.14. The van der Waals surface area contributed by atoms with Crippen LogP contribution in [0, 0.1) is 20.8 Å². The smallest absolute Gasteiger partial charge is 0.125 e. The number of aryl methyl sites for hydroxylation is 4. The summed E-state index contributed by atoms with van der Waals surface area (Å²) >= 11 is 1.73. The highest BCUT2D eigenvalue weighted by Gasteiger charge is 2.05. The molecule has 0 unspecified atom stereocenters. The third-order valence-electron chi connectivity index (χ3n) is 4.48. The van der Waals surface area contributed by atoms with Crippen LogP contribution in [0.3, 0.4) is 0 Å². The molecule has 1 aromatic carbocycles. The van der Waals surface area contributed by atoms with Gasteiger partial charge in [0.05, 0.1) is 17.7 Å². The average Bonchev–Trinajstić information content (AvgIpc) is 2.69. The van der Waals surface area contributed by atoms with Gasteiger partial charge in [0.2, 0.25) is 0 Å². The summed E-state index contributed by atoms with van der Waals surface area (Å²) in [5.74, 6) is 1.72. The molecule has 0 saturated heterocycles. The van der Waals surface area contributed by atoms with E-state index in [0.29, 0.717) is 0 Å². The molecule has 2 aromatic rings. The SMILES string of the molecule is C=N/C(=C\SCCc1cc(C)c(N=CN(C)CC)cc1C)c1cnc(C)nc1. The van der Waals surface area contributed by atoms with Crippen molar-refractivity contribution in [1.29, 1.82) is 0 Å². The standard InChI is InChI=1S/C22H29N5S/c1-7-27(6)15-26-21-11-16(2)19(10-17(21)3)8-9-28-14-22(23-5)20-12-24-18(4)25-13-20/h10-15H,5,7-9H2,1-4,6H3/b22-14-,26-15?. The number of rotatable bonds is 9. The molecule has 0 fully saturated rings. The summed E-state index contributed by atoms with van der Waals surface area (Å²) < 4.78 is 0. The van der Waals surface area contributed by atoms with E-state index in [1.807, 2.05) is 25.7 Å². The van der Waals surface area contributed by atoms with Crippen LogP contribution in [0.15, 0.2) is 39.9 Å². The van der Waals surface area contributed by atoms with Gasteiger partial charge in [-0.05, 0) is 69.0 Å². The molecule has 1 aromatic heterocycles. The fourth-order valence-corrected chi connectivity index (χ4v) is 3.36. The van der Waals surface area contributed by atoms with E-state index in [4.69, 9.17) is 0 Å². The summed E-state index contributed by atoms with van der Waals surface area (Å²) in [5.41, 5.74) is 6.56. The summed E-state index contributed by atoms with van der Waals surface area (Å²) in [6.45, 7) is 12.9. The van der Waals surface area contributed by atoms with Crippen LogP contribution in [-0.2, 0) is 6.42 Å². The van der Waals surface area contributed by atoms with Crippen LogP contribution in [0.1, 0.15) is 35.0 Å². The van der Waals surface area contributed by atoms with Crippen molar-refractivity contribution in [2.24, 2.45) is 9.98 Å². The molecule has 0 spiro atoms. The molecule has 5 nitrogen and oxygen atoms in total. The molecule has 0 saturated carbocycles.